The van der Waals surface area contributed by atoms with Crippen LogP contribution in [0, 0.1) is 0 Å². The molecule has 0 saturated heterocycles. The van der Waals surface area contributed by atoms with Crippen LogP contribution in [0.1, 0.15) is 22.4 Å². The molecule has 0 bridgehead atoms. The first-order valence-electron chi connectivity index (χ1n) is 9.20. The molecule has 0 aliphatic carbocycles. The average Bonchev–Trinajstić information content (AvgIpc) is 2.70. The van der Waals surface area contributed by atoms with Gasteiger partial charge in [-0.2, -0.15) is 13.2 Å². The van der Waals surface area contributed by atoms with Gasteiger partial charge in [-0.1, -0.05) is 29.8 Å². The fraction of sp³-hybridized carbons (Fsp3) is 0.238. The Morgan fingerprint density at radius 3 is 2.57 bits per heavy atom. The van der Waals surface area contributed by atoms with Crippen LogP contribution in [0.2, 0.25) is 5.02 Å². The van der Waals surface area contributed by atoms with Crippen molar-refractivity contribution in [2.24, 2.45) is 0 Å². The normalized spacial score (nSPS) is 14.5. The van der Waals surface area contributed by atoms with Gasteiger partial charge in [0.2, 0.25) is 0 Å². The lowest BCUT2D eigenvalue weighted by molar-refractivity contribution is -0.137. The molecule has 0 amide bonds. The zero-order valence-corrected chi connectivity index (χ0v) is 16.4. The minimum Gasteiger partial charge on any atom is -0.508 e. The first kappa shape index (κ1) is 20.4. The smallest absolute Gasteiger partial charge is 0.416 e. The number of hydrogen-bond acceptors (Lipinski definition) is 4. The number of aromatic hydroxyl groups is 1. The highest BCUT2D eigenvalue weighted by Crippen LogP contribution is 2.30. The van der Waals surface area contributed by atoms with Gasteiger partial charge < -0.3 is 10.1 Å². The molecule has 0 atom stereocenters. The van der Waals surface area contributed by atoms with E-state index in [0.29, 0.717) is 47.9 Å². The van der Waals surface area contributed by atoms with Crippen LogP contribution in [-0.2, 0) is 25.7 Å². The Morgan fingerprint density at radius 1 is 1.17 bits per heavy atom. The molecule has 9 heteroatoms. The van der Waals surface area contributed by atoms with Gasteiger partial charge in [-0.15, -0.1) is 0 Å². The fourth-order valence-corrected chi connectivity index (χ4v) is 3.71. The number of benzene rings is 2. The van der Waals surface area contributed by atoms with Crippen molar-refractivity contribution in [3.05, 3.63) is 80.2 Å². The maximum absolute atomic E-state index is 12.8. The van der Waals surface area contributed by atoms with Gasteiger partial charge in [0.05, 0.1) is 16.8 Å². The molecule has 1 aliphatic heterocycles. The summed E-state index contributed by atoms with van der Waals surface area (Å²) in [5.41, 5.74) is 1.37. The highest BCUT2D eigenvalue weighted by Gasteiger charge is 2.30. The van der Waals surface area contributed by atoms with Crippen molar-refractivity contribution in [1.29, 1.82) is 0 Å². The largest absolute Gasteiger partial charge is 0.508 e. The first-order valence-corrected chi connectivity index (χ1v) is 9.58. The molecule has 0 unspecified atom stereocenters. The zero-order valence-electron chi connectivity index (χ0n) is 15.6. The summed E-state index contributed by atoms with van der Waals surface area (Å²) in [5, 5.41) is 9.93. The molecule has 0 saturated carbocycles. The third-order valence-electron chi connectivity index (χ3n) is 5.06. The van der Waals surface area contributed by atoms with E-state index in [2.05, 4.69) is 14.9 Å². The number of aromatic nitrogens is 2. The van der Waals surface area contributed by atoms with Gasteiger partial charge in [0.25, 0.3) is 5.56 Å². The van der Waals surface area contributed by atoms with Crippen molar-refractivity contribution in [2.75, 3.05) is 6.54 Å². The summed E-state index contributed by atoms with van der Waals surface area (Å²) in [6, 6.07) is 9.31. The number of phenolic OH excluding ortho intramolecular Hbond substituents is 1. The topological polar surface area (TPSA) is 69.2 Å². The highest BCUT2D eigenvalue weighted by molar-refractivity contribution is 6.31. The number of H-pyrrole nitrogens is 1. The van der Waals surface area contributed by atoms with Gasteiger partial charge in [-0.3, -0.25) is 9.69 Å². The maximum atomic E-state index is 12.8. The summed E-state index contributed by atoms with van der Waals surface area (Å²) >= 11 is 6.17. The van der Waals surface area contributed by atoms with Crippen molar-refractivity contribution in [2.45, 2.75) is 25.7 Å². The number of phenols is 1. The lowest BCUT2D eigenvalue weighted by Crippen LogP contribution is -2.35. The predicted molar refractivity (Wildman–Crippen MR) is 106 cm³/mol. The molecule has 0 spiro atoms. The molecule has 1 aromatic heterocycles. The van der Waals surface area contributed by atoms with E-state index in [9.17, 15) is 23.1 Å². The van der Waals surface area contributed by atoms with E-state index in [1.165, 1.54) is 18.2 Å². The summed E-state index contributed by atoms with van der Waals surface area (Å²) in [6.45, 7) is 1.54. The Kier molecular flexibility index (Phi) is 5.29. The monoisotopic (exact) mass is 435 g/mol. The Hall–Kier alpha value is -2.84. The Balaban J connectivity index is 1.56. The quantitative estimate of drug-likeness (QED) is 0.641. The summed E-state index contributed by atoms with van der Waals surface area (Å²) in [5.74, 6) is 0.340. The van der Waals surface area contributed by atoms with Gasteiger partial charge >= 0.3 is 6.18 Å². The van der Waals surface area contributed by atoms with Crippen LogP contribution in [0.25, 0.3) is 11.4 Å². The average molecular weight is 436 g/mol. The molecular formula is C21H17ClF3N3O2. The molecule has 2 heterocycles. The third kappa shape index (κ3) is 4.20. The van der Waals surface area contributed by atoms with E-state index in [1.54, 1.807) is 12.1 Å². The number of aromatic amines is 1. The number of rotatable bonds is 3. The Morgan fingerprint density at radius 2 is 1.90 bits per heavy atom. The molecule has 0 fully saturated rings. The van der Waals surface area contributed by atoms with E-state index in [0.717, 1.165) is 17.7 Å². The lowest BCUT2D eigenvalue weighted by atomic mass is 10.0. The number of hydrogen-bond donors (Lipinski definition) is 2. The minimum absolute atomic E-state index is 0.0872. The van der Waals surface area contributed by atoms with Gasteiger partial charge in [-0.25, -0.2) is 4.98 Å². The van der Waals surface area contributed by atoms with Gasteiger partial charge in [0, 0.05) is 36.6 Å². The summed E-state index contributed by atoms with van der Waals surface area (Å²) in [4.78, 5) is 21.8. The molecule has 30 heavy (non-hydrogen) atoms. The maximum Gasteiger partial charge on any atom is 0.416 e. The van der Waals surface area contributed by atoms with Crippen molar-refractivity contribution in [1.82, 2.24) is 14.9 Å². The molecule has 2 N–H and O–H groups in total. The van der Waals surface area contributed by atoms with E-state index < -0.39 is 11.7 Å². The molecule has 4 rings (SSSR count). The number of alkyl halides is 3. The highest BCUT2D eigenvalue weighted by atomic mass is 35.5. The second kappa shape index (κ2) is 7.77. The van der Waals surface area contributed by atoms with Crippen LogP contribution in [0.15, 0.2) is 47.3 Å². The summed E-state index contributed by atoms with van der Waals surface area (Å²) in [6.07, 6.45) is -3.89. The van der Waals surface area contributed by atoms with Crippen LogP contribution in [0.3, 0.4) is 0 Å². The van der Waals surface area contributed by atoms with E-state index in [4.69, 9.17) is 11.6 Å². The van der Waals surface area contributed by atoms with Crippen molar-refractivity contribution in [3.63, 3.8) is 0 Å². The van der Waals surface area contributed by atoms with E-state index in [1.807, 2.05) is 0 Å². The van der Waals surface area contributed by atoms with Crippen molar-refractivity contribution >= 4 is 11.6 Å². The summed E-state index contributed by atoms with van der Waals surface area (Å²) < 4.78 is 38.3. The standard InChI is InChI=1S/C21H17ClF3N3O2/c22-17-9-15(29)6-3-13(17)10-28-8-7-18-16(11-28)20(30)27-19(26-18)12-1-4-14(5-2-12)21(23,24)25/h1-6,9,29H,7-8,10-11H2,(H,26,27,30). The Labute approximate surface area is 174 Å². The fourth-order valence-electron chi connectivity index (χ4n) is 3.48. The minimum atomic E-state index is -4.42. The molecule has 0 radical (unpaired) electrons. The van der Waals surface area contributed by atoms with Crippen LogP contribution < -0.4 is 5.56 Å². The predicted octanol–water partition coefficient (Wildman–Crippen LogP) is 4.37. The molecule has 5 nitrogen and oxygen atoms in total. The first-order chi connectivity index (χ1) is 14.2. The number of nitrogens with zero attached hydrogens (tertiary/aromatic N) is 2. The number of nitrogens with one attached hydrogen (secondary N) is 1. The molecule has 156 valence electrons. The number of fused-ring (bicyclic) bond motifs is 1. The molecular weight excluding hydrogens is 419 g/mol. The summed E-state index contributed by atoms with van der Waals surface area (Å²) in [7, 11) is 0. The van der Waals surface area contributed by atoms with Gasteiger partial charge in [-0.05, 0) is 29.8 Å². The second-order valence-corrected chi connectivity index (χ2v) is 7.56. The van der Waals surface area contributed by atoms with Crippen molar-refractivity contribution in [3.8, 4) is 17.1 Å². The number of halogens is 4. The van der Waals surface area contributed by atoms with E-state index in [-0.39, 0.29) is 17.1 Å². The third-order valence-corrected chi connectivity index (χ3v) is 5.42. The van der Waals surface area contributed by atoms with E-state index >= 15 is 0 Å². The second-order valence-electron chi connectivity index (χ2n) is 7.15. The van der Waals surface area contributed by atoms with Gasteiger partial charge in [0.1, 0.15) is 11.6 Å². The Bertz CT molecular complexity index is 1140. The van der Waals surface area contributed by atoms with Gasteiger partial charge in [0.15, 0.2) is 0 Å². The SMILES string of the molecule is O=c1[nH]c(-c2ccc(C(F)(F)F)cc2)nc2c1CN(Cc1ccc(O)cc1Cl)CC2. The zero-order chi connectivity index (χ0) is 21.5. The lowest BCUT2D eigenvalue weighted by Gasteiger charge is -2.28. The van der Waals surface area contributed by atoms with Crippen LogP contribution in [0.4, 0.5) is 13.2 Å². The molecule has 2 aromatic carbocycles. The van der Waals surface area contributed by atoms with Crippen LogP contribution in [-0.4, -0.2) is 26.5 Å². The molecule has 3 aromatic rings. The van der Waals surface area contributed by atoms with Crippen LogP contribution >= 0.6 is 11.6 Å². The van der Waals surface area contributed by atoms with Crippen molar-refractivity contribution < 1.29 is 18.3 Å². The van der Waals surface area contributed by atoms with Crippen LogP contribution in [0.5, 0.6) is 5.75 Å². The molecule has 1 aliphatic rings.